The van der Waals surface area contributed by atoms with Gasteiger partial charge in [-0.15, -0.1) is 0 Å². The summed E-state index contributed by atoms with van der Waals surface area (Å²) in [4.78, 5) is 0. The molecule has 154 valence electrons. The van der Waals surface area contributed by atoms with Gasteiger partial charge in [-0.3, -0.25) is 0 Å². The number of rotatable bonds is 3. The van der Waals surface area contributed by atoms with E-state index < -0.39 is 35.9 Å². The SMILES string of the molecule is CC1CCC(c2ccc(OCF)c(F)c2F)CC1.Cc1ccc(F)c(F)c1F. The summed E-state index contributed by atoms with van der Waals surface area (Å²) in [7, 11) is 0. The zero-order valence-corrected chi connectivity index (χ0v) is 15.7. The van der Waals surface area contributed by atoms with Crippen LogP contribution in [0.25, 0.3) is 0 Å². The summed E-state index contributed by atoms with van der Waals surface area (Å²) in [6.45, 7) is 2.39. The topological polar surface area (TPSA) is 9.23 Å². The molecule has 0 N–H and O–H groups in total. The highest BCUT2D eigenvalue weighted by Crippen LogP contribution is 2.38. The van der Waals surface area contributed by atoms with E-state index in [0.29, 0.717) is 11.5 Å². The zero-order valence-electron chi connectivity index (χ0n) is 15.7. The fourth-order valence-corrected chi connectivity index (χ4v) is 3.23. The lowest BCUT2D eigenvalue weighted by atomic mass is 9.79. The Hall–Kier alpha value is -2.18. The van der Waals surface area contributed by atoms with Gasteiger partial charge in [0.2, 0.25) is 12.7 Å². The van der Waals surface area contributed by atoms with Gasteiger partial charge < -0.3 is 4.74 Å². The number of ether oxygens (including phenoxy) is 1. The first-order valence-electron chi connectivity index (χ1n) is 9.03. The van der Waals surface area contributed by atoms with Gasteiger partial charge in [0.1, 0.15) is 0 Å². The van der Waals surface area contributed by atoms with Crippen molar-refractivity contribution in [3.05, 3.63) is 64.5 Å². The molecule has 0 saturated heterocycles. The summed E-state index contributed by atoms with van der Waals surface area (Å²) in [6.07, 6.45) is 3.82. The molecule has 28 heavy (non-hydrogen) atoms. The van der Waals surface area contributed by atoms with Crippen LogP contribution in [0.2, 0.25) is 0 Å². The lowest BCUT2D eigenvalue weighted by Crippen LogP contribution is -2.13. The molecular formula is C21H22F6O. The molecule has 0 amide bonds. The minimum atomic E-state index is -1.40. The van der Waals surface area contributed by atoms with Gasteiger partial charge in [0.15, 0.2) is 29.0 Å². The van der Waals surface area contributed by atoms with Crippen molar-refractivity contribution < 1.29 is 31.1 Å². The quantitative estimate of drug-likeness (QED) is 0.396. The Balaban J connectivity index is 0.000000237. The van der Waals surface area contributed by atoms with Gasteiger partial charge in [-0.2, -0.15) is 4.39 Å². The molecule has 0 spiro atoms. The van der Waals surface area contributed by atoms with Gasteiger partial charge in [0, 0.05) is 0 Å². The molecule has 1 nitrogen and oxygen atoms in total. The fraction of sp³-hybridized carbons (Fsp3) is 0.429. The number of hydrogen-bond donors (Lipinski definition) is 0. The summed E-state index contributed by atoms with van der Waals surface area (Å²) in [5.41, 5.74) is 0.504. The molecule has 1 saturated carbocycles. The number of benzene rings is 2. The Morgan fingerprint density at radius 2 is 1.46 bits per heavy atom. The second-order valence-corrected chi connectivity index (χ2v) is 6.98. The average Bonchev–Trinajstić information content (AvgIpc) is 2.69. The predicted octanol–water partition coefficient (Wildman–Crippen LogP) is 6.98. The predicted molar refractivity (Wildman–Crippen MR) is 94.4 cm³/mol. The maximum Gasteiger partial charge on any atom is 0.228 e. The summed E-state index contributed by atoms with van der Waals surface area (Å²) in [6, 6.07) is 4.91. The van der Waals surface area contributed by atoms with Crippen molar-refractivity contribution >= 4 is 0 Å². The lowest BCUT2D eigenvalue weighted by Gasteiger charge is -2.26. The van der Waals surface area contributed by atoms with Gasteiger partial charge in [-0.1, -0.05) is 31.9 Å². The Bertz CT molecular complexity index is 773. The molecule has 0 atom stereocenters. The van der Waals surface area contributed by atoms with Crippen LogP contribution in [-0.2, 0) is 0 Å². The molecule has 0 radical (unpaired) electrons. The van der Waals surface area contributed by atoms with Crippen LogP contribution in [-0.4, -0.2) is 6.86 Å². The molecule has 1 aliphatic carbocycles. The van der Waals surface area contributed by atoms with Gasteiger partial charge >= 0.3 is 0 Å². The Kier molecular flexibility index (Phi) is 7.78. The Morgan fingerprint density at radius 3 is 2.04 bits per heavy atom. The Morgan fingerprint density at radius 1 is 0.821 bits per heavy atom. The van der Waals surface area contributed by atoms with Crippen LogP contribution in [0.4, 0.5) is 26.3 Å². The third-order valence-corrected chi connectivity index (χ3v) is 4.97. The minimum absolute atomic E-state index is 0.0649. The zero-order chi connectivity index (χ0) is 20.8. The lowest BCUT2D eigenvalue weighted by molar-refractivity contribution is 0.182. The molecule has 1 fully saturated rings. The highest BCUT2D eigenvalue weighted by Gasteiger charge is 2.25. The van der Waals surface area contributed by atoms with E-state index >= 15 is 0 Å². The molecule has 0 heterocycles. The van der Waals surface area contributed by atoms with E-state index in [1.807, 2.05) is 0 Å². The highest BCUT2D eigenvalue weighted by molar-refractivity contribution is 5.33. The minimum Gasteiger partial charge on any atom is -0.460 e. The number of hydrogen-bond acceptors (Lipinski definition) is 1. The van der Waals surface area contributed by atoms with Crippen LogP contribution in [0.5, 0.6) is 5.75 Å². The van der Waals surface area contributed by atoms with Crippen LogP contribution in [0.3, 0.4) is 0 Å². The summed E-state index contributed by atoms with van der Waals surface area (Å²) in [5, 5.41) is 0. The summed E-state index contributed by atoms with van der Waals surface area (Å²) < 4.78 is 80.6. The van der Waals surface area contributed by atoms with Gasteiger partial charge in [0.25, 0.3) is 0 Å². The molecule has 1 aliphatic rings. The third-order valence-electron chi connectivity index (χ3n) is 4.97. The number of alkyl halides is 1. The summed E-state index contributed by atoms with van der Waals surface area (Å²) in [5.74, 6) is -5.27. The first-order chi connectivity index (χ1) is 13.3. The van der Waals surface area contributed by atoms with Crippen molar-refractivity contribution in [3.63, 3.8) is 0 Å². The molecule has 0 bridgehead atoms. The van der Waals surface area contributed by atoms with E-state index in [2.05, 4.69) is 11.7 Å². The Labute approximate surface area is 160 Å². The van der Waals surface area contributed by atoms with Crippen LogP contribution in [0.1, 0.15) is 49.7 Å². The average molecular weight is 404 g/mol. The van der Waals surface area contributed by atoms with E-state index in [4.69, 9.17) is 0 Å². The van der Waals surface area contributed by atoms with E-state index in [1.165, 1.54) is 25.1 Å². The smallest absolute Gasteiger partial charge is 0.228 e. The van der Waals surface area contributed by atoms with Crippen molar-refractivity contribution in [2.24, 2.45) is 5.92 Å². The van der Waals surface area contributed by atoms with Gasteiger partial charge in [-0.05, 0) is 54.9 Å². The van der Waals surface area contributed by atoms with Crippen molar-refractivity contribution in [2.45, 2.75) is 45.4 Å². The van der Waals surface area contributed by atoms with Crippen molar-refractivity contribution in [3.8, 4) is 5.75 Å². The first-order valence-corrected chi connectivity index (χ1v) is 9.03. The highest BCUT2D eigenvalue weighted by atomic mass is 19.2. The van der Waals surface area contributed by atoms with Crippen LogP contribution in [0.15, 0.2) is 24.3 Å². The first kappa shape index (κ1) is 22.1. The molecule has 3 rings (SSSR count). The second kappa shape index (κ2) is 9.85. The van der Waals surface area contributed by atoms with E-state index in [0.717, 1.165) is 31.7 Å². The molecule has 2 aromatic rings. The largest absolute Gasteiger partial charge is 0.460 e. The fourth-order valence-electron chi connectivity index (χ4n) is 3.23. The van der Waals surface area contributed by atoms with E-state index in [9.17, 15) is 26.3 Å². The normalized spacial score (nSPS) is 19.0. The molecule has 0 unspecified atom stereocenters. The third kappa shape index (κ3) is 5.20. The molecule has 2 aromatic carbocycles. The van der Waals surface area contributed by atoms with Gasteiger partial charge in [-0.25, -0.2) is 22.0 Å². The number of halogens is 6. The van der Waals surface area contributed by atoms with Crippen molar-refractivity contribution in [1.29, 1.82) is 0 Å². The monoisotopic (exact) mass is 404 g/mol. The molecule has 7 heteroatoms. The standard InChI is InChI=1S/C14H17F3O.C7H5F3/c1-9-2-4-10(5-3-9)11-6-7-12(18-8-15)14(17)13(11)16;1-4-2-3-5(8)7(10)6(4)9/h6-7,9-10H,2-5,8H2,1H3;2-3H,1H3. The maximum atomic E-state index is 13.9. The van der Waals surface area contributed by atoms with Crippen LogP contribution in [0, 0.1) is 41.9 Å². The van der Waals surface area contributed by atoms with E-state index in [-0.39, 0.29) is 17.2 Å². The van der Waals surface area contributed by atoms with Crippen molar-refractivity contribution in [1.82, 2.24) is 0 Å². The maximum absolute atomic E-state index is 13.9. The second-order valence-electron chi connectivity index (χ2n) is 6.98. The van der Waals surface area contributed by atoms with Crippen LogP contribution >= 0.6 is 0 Å². The van der Waals surface area contributed by atoms with Crippen molar-refractivity contribution in [2.75, 3.05) is 6.86 Å². The van der Waals surface area contributed by atoms with E-state index in [1.54, 1.807) is 0 Å². The molecule has 0 aromatic heterocycles. The van der Waals surface area contributed by atoms with Crippen LogP contribution < -0.4 is 4.74 Å². The molecular weight excluding hydrogens is 382 g/mol. The number of aryl methyl sites for hydroxylation is 1. The summed E-state index contributed by atoms with van der Waals surface area (Å²) >= 11 is 0. The van der Waals surface area contributed by atoms with Gasteiger partial charge in [0.05, 0.1) is 0 Å². The molecule has 0 aliphatic heterocycles.